The second-order valence-electron chi connectivity index (χ2n) is 5.60. The maximum atomic E-state index is 5.51. The van der Waals surface area contributed by atoms with E-state index >= 15 is 0 Å². The molecule has 134 valence electrons. The van der Waals surface area contributed by atoms with E-state index in [1.54, 1.807) is 23.5 Å². The zero-order valence-electron chi connectivity index (χ0n) is 14.6. The van der Waals surface area contributed by atoms with E-state index in [0.29, 0.717) is 0 Å². The third-order valence-corrected chi connectivity index (χ3v) is 6.65. The highest BCUT2D eigenvalue weighted by atomic mass is 32.2. The van der Waals surface area contributed by atoms with E-state index in [9.17, 15) is 0 Å². The predicted octanol–water partition coefficient (Wildman–Crippen LogP) is 5.87. The van der Waals surface area contributed by atoms with Crippen LogP contribution in [0.15, 0.2) is 42.5 Å². The maximum absolute atomic E-state index is 5.51. The number of hydrogen-bond donors (Lipinski definition) is 2. The Balaban J connectivity index is 2.18. The highest BCUT2D eigenvalue weighted by Gasteiger charge is 2.18. The van der Waals surface area contributed by atoms with Crippen molar-refractivity contribution in [3.63, 3.8) is 0 Å². The highest BCUT2D eigenvalue weighted by molar-refractivity contribution is 8.35. The van der Waals surface area contributed by atoms with Gasteiger partial charge in [-0.2, -0.15) is 0 Å². The predicted molar refractivity (Wildman–Crippen MR) is 124 cm³/mol. The Kier molecular flexibility index (Phi) is 9.03. The summed E-state index contributed by atoms with van der Waals surface area (Å²) in [4.78, 5) is 0. The topological polar surface area (TPSA) is 24.1 Å². The third-order valence-electron chi connectivity index (χ3n) is 3.51. The number of nitrogens with one attached hydrogen (secondary N) is 2. The maximum Gasteiger partial charge on any atom is 0.135 e. The number of fused-ring (bicyclic) bond motifs is 1. The molecule has 0 atom stereocenters. The second kappa shape index (κ2) is 11.0. The van der Waals surface area contributed by atoms with E-state index in [1.165, 1.54) is 16.3 Å². The molecule has 0 radical (unpaired) electrons. The summed E-state index contributed by atoms with van der Waals surface area (Å²) in [6.07, 6.45) is 2.12. The molecule has 2 aromatic rings. The van der Waals surface area contributed by atoms with E-state index in [-0.39, 0.29) is 4.58 Å². The fourth-order valence-corrected chi connectivity index (χ4v) is 5.49. The summed E-state index contributed by atoms with van der Waals surface area (Å²) in [6.45, 7) is 6.08. The molecule has 0 saturated heterocycles. The Labute approximate surface area is 169 Å². The van der Waals surface area contributed by atoms with Crippen LogP contribution in [0.2, 0.25) is 0 Å². The van der Waals surface area contributed by atoms with Gasteiger partial charge in [-0.3, -0.25) is 0 Å². The molecule has 0 fully saturated rings. The number of thiocarbonyl (C=S) groups is 2. The lowest BCUT2D eigenvalue weighted by Gasteiger charge is -2.19. The minimum absolute atomic E-state index is 0.137. The smallest absolute Gasteiger partial charge is 0.135 e. The van der Waals surface area contributed by atoms with Gasteiger partial charge in [-0.25, -0.2) is 0 Å². The summed E-state index contributed by atoms with van der Waals surface area (Å²) >= 11 is 14.3. The normalized spacial score (nSPS) is 10.8. The Morgan fingerprint density at radius 2 is 1.44 bits per heavy atom. The lowest BCUT2D eigenvalue weighted by molar-refractivity contribution is 0.854. The van der Waals surface area contributed by atoms with Crippen molar-refractivity contribution in [2.45, 2.75) is 31.3 Å². The summed E-state index contributed by atoms with van der Waals surface area (Å²) in [7, 11) is 0. The molecular formula is C19H24N2S4. The van der Waals surface area contributed by atoms with Gasteiger partial charge in [0.25, 0.3) is 0 Å². The van der Waals surface area contributed by atoms with Crippen LogP contribution >= 0.6 is 48.0 Å². The molecule has 0 aromatic heterocycles. The first-order valence-corrected chi connectivity index (χ1v) is 11.1. The van der Waals surface area contributed by atoms with Gasteiger partial charge in [0.05, 0.1) is 4.58 Å². The zero-order valence-corrected chi connectivity index (χ0v) is 17.8. The van der Waals surface area contributed by atoms with Gasteiger partial charge in [-0.1, -0.05) is 98.2 Å². The van der Waals surface area contributed by atoms with Gasteiger partial charge in [0.2, 0.25) is 0 Å². The van der Waals surface area contributed by atoms with E-state index in [4.69, 9.17) is 24.4 Å². The molecular weight excluding hydrogens is 384 g/mol. The minimum Gasteiger partial charge on any atom is -0.371 e. The molecule has 0 unspecified atom stereocenters. The molecule has 0 aliphatic heterocycles. The summed E-state index contributed by atoms with van der Waals surface area (Å²) < 4.78 is 1.79. The number of hydrogen-bond acceptors (Lipinski definition) is 4. The van der Waals surface area contributed by atoms with Crippen LogP contribution in [0.4, 0.5) is 0 Å². The number of rotatable bonds is 7. The van der Waals surface area contributed by atoms with Gasteiger partial charge >= 0.3 is 0 Å². The molecule has 0 spiro atoms. The van der Waals surface area contributed by atoms with Crippen molar-refractivity contribution in [1.82, 2.24) is 10.6 Å². The summed E-state index contributed by atoms with van der Waals surface area (Å²) in [5.74, 6) is 0. The van der Waals surface area contributed by atoms with Crippen molar-refractivity contribution in [1.29, 1.82) is 0 Å². The Morgan fingerprint density at radius 1 is 0.880 bits per heavy atom. The molecule has 0 aliphatic carbocycles. The van der Waals surface area contributed by atoms with Crippen molar-refractivity contribution in [3.8, 4) is 0 Å². The molecule has 6 heteroatoms. The van der Waals surface area contributed by atoms with Crippen LogP contribution in [-0.4, -0.2) is 21.7 Å². The standard InChI is InChI=1S/C19H24N2S4/c1-3-11-20-18(22)24-17(25-19(23)21-12-4-2)16-10-9-14-7-5-6-8-15(14)13-16/h5-10,13,17H,3-4,11-12H2,1-2H3,(H,20,22)(H,21,23). The quantitative estimate of drug-likeness (QED) is 0.439. The van der Waals surface area contributed by atoms with Crippen LogP contribution in [0, 0.1) is 0 Å². The lowest BCUT2D eigenvalue weighted by atomic mass is 10.1. The zero-order chi connectivity index (χ0) is 18.1. The van der Waals surface area contributed by atoms with Crippen LogP contribution in [0.25, 0.3) is 10.8 Å². The summed E-state index contributed by atoms with van der Waals surface area (Å²) in [6, 6.07) is 15.0. The molecule has 2 nitrogen and oxygen atoms in total. The van der Waals surface area contributed by atoms with Crippen LogP contribution < -0.4 is 10.6 Å². The highest BCUT2D eigenvalue weighted by Crippen LogP contribution is 2.41. The molecule has 0 amide bonds. The Hall–Kier alpha value is -0.820. The van der Waals surface area contributed by atoms with E-state index in [1.807, 2.05) is 0 Å². The van der Waals surface area contributed by atoms with Gasteiger partial charge in [0.1, 0.15) is 8.64 Å². The van der Waals surface area contributed by atoms with Crippen molar-refractivity contribution in [3.05, 3.63) is 48.0 Å². The van der Waals surface area contributed by atoms with Crippen molar-refractivity contribution >= 4 is 67.4 Å². The largest absolute Gasteiger partial charge is 0.371 e. The molecule has 0 heterocycles. The molecule has 25 heavy (non-hydrogen) atoms. The van der Waals surface area contributed by atoms with Gasteiger partial charge < -0.3 is 10.6 Å². The first-order valence-electron chi connectivity index (χ1n) is 8.51. The average molecular weight is 409 g/mol. The van der Waals surface area contributed by atoms with E-state index < -0.39 is 0 Å². The van der Waals surface area contributed by atoms with Gasteiger partial charge in [0, 0.05) is 13.1 Å². The fraction of sp³-hybridized carbons (Fsp3) is 0.368. The lowest BCUT2D eigenvalue weighted by Crippen LogP contribution is -2.22. The number of benzene rings is 2. The van der Waals surface area contributed by atoms with Crippen LogP contribution in [-0.2, 0) is 0 Å². The molecule has 0 bridgehead atoms. The van der Waals surface area contributed by atoms with Crippen LogP contribution in [0.1, 0.15) is 36.8 Å². The van der Waals surface area contributed by atoms with Crippen LogP contribution in [0.3, 0.4) is 0 Å². The molecule has 2 N–H and O–H groups in total. The molecule has 0 aliphatic rings. The van der Waals surface area contributed by atoms with Crippen molar-refractivity contribution < 1.29 is 0 Å². The van der Waals surface area contributed by atoms with E-state index in [2.05, 4.69) is 66.9 Å². The first kappa shape index (κ1) is 20.5. The molecule has 2 rings (SSSR count). The van der Waals surface area contributed by atoms with Gasteiger partial charge in [0.15, 0.2) is 0 Å². The monoisotopic (exact) mass is 408 g/mol. The van der Waals surface area contributed by atoms with Gasteiger partial charge in [-0.15, -0.1) is 0 Å². The average Bonchev–Trinajstić information content (AvgIpc) is 2.63. The third kappa shape index (κ3) is 6.77. The van der Waals surface area contributed by atoms with Gasteiger partial charge in [-0.05, 0) is 35.2 Å². The number of thioether (sulfide) groups is 2. The fourth-order valence-electron chi connectivity index (χ4n) is 2.25. The van der Waals surface area contributed by atoms with E-state index in [0.717, 1.165) is 34.6 Å². The second-order valence-corrected chi connectivity index (χ2v) is 9.47. The Bertz CT molecular complexity index is 695. The molecule has 2 aromatic carbocycles. The van der Waals surface area contributed by atoms with Crippen LogP contribution in [0.5, 0.6) is 0 Å². The molecule has 0 saturated carbocycles. The van der Waals surface area contributed by atoms with Crippen molar-refractivity contribution in [2.75, 3.05) is 13.1 Å². The minimum atomic E-state index is 0.137. The summed E-state index contributed by atoms with van der Waals surface area (Å²) in [5.41, 5.74) is 1.23. The SMILES string of the molecule is CCCNC(=S)SC(SC(=S)NCCC)c1ccc2ccccc2c1. The summed E-state index contributed by atoms with van der Waals surface area (Å²) in [5, 5.41) is 9.10. The first-order chi connectivity index (χ1) is 12.1. The van der Waals surface area contributed by atoms with Crippen molar-refractivity contribution in [2.24, 2.45) is 0 Å². The Morgan fingerprint density at radius 3 is 2.00 bits per heavy atom.